The molecule has 3 N–H and O–H groups in total. The summed E-state index contributed by atoms with van der Waals surface area (Å²) in [7, 11) is 0. The van der Waals surface area contributed by atoms with Crippen LogP contribution in [0.5, 0.6) is 5.75 Å². The number of aryl methyl sites for hydroxylation is 2. The van der Waals surface area contributed by atoms with Gasteiger partial charge in [0.25, 0.3) is 0 Å². The fourth-order valence-corrected chi connectivity index (χ4v) is 1.44. The normalized spacial score (nSPS) is 10.4. The van der Waals surface area contributed by atoms with E-state index >= 15 is 0 Å². The van der Waals surface area contributed by atoms with Crippen LogP contribution in [0.2, 0.25) is 0 Å². The minimum absolute atomic E-state index is 0.140. The number of rotatable bonds is 5. The van der Waals surface area contributed by atoms with Crippen molar-refractivity contribution < 1.29 is 9.84 Å². The number of aromatic nitrogens is 1. The van der Waals surface area contributed by atoms with E-state index in [1.165, 1.54) is 0 Å². The number of nitrogens with zero attached hydrogens (tertiary/aromatic N) is 1. The van der Waals surface area contributed by atoms with Crippen molar-refractivity contribution in [3.8, 4) is 5.75 Å². The van der Waals surface area contributed by atoms with E-state index < -0.39 is 0 Å². The molecule has 0 saturated carbocycles. The molecule has 0 unspecified atom stereocenters. The van der Waals surface area contributed by atoms with Crippen molar-refractivity contribution in [2.45, 2.75) is 26.8 Å². The van der Waals surface area contributed by atoms with Gasteiger partial charge in [-0.3, -0.25) is 4.98 Å². The molecule has 4 nitrogen and oxygen atoms in total. The summed E-state index contributed by atoms with van der Waals surface area (Å²) in [5.41, 5.74) is 8.41. The fraction of sp³-hybridized carbons (Fsp3) is 0.545. The Balaban J connectivity index is 2.84. The van der Waals surface area contributed by atoms with Crippen LogP contribution in [-0.2, 0) is 6.54 Å². The maximum Gasteiger partial charge on any atom is 0.127 e. The third-order valence-electron chi connectivity index (χ3n) is 2.18. The molecule has 0 aliphatic heterocycles. The average Bonchev–Trinajstić information content (AvgIpc) is 2.17. The van der Waals surface area contributed by atoms with Gasteiger partial charge in [0.05, 0.1) is 6.61 Å². The van der Waals surface area contributed by atoms with Crippen LogP contribution in [0.3, 0.4) is 0 Å². The van der Waals surface area contributed by atoms with Crippen LogP contribution in [0.1, 0.15) is 23.4 Å². The molecule has 0 aromatic carbocycles. The first-order chi connectivity index (χ1) is 7.19. The van der Waals surface area contributed by atoms with Crippen molar-refractivity contribution in [1.29, 1.82) is 0 Å². The van der Waals surface area contributed by atoms with Crippen LogP contribution < -0.4 is 10.5 Å². The second-order valence-corrected chi connectivity index (χ2v) is 3.46. The van der Waals surface area contributed by atoms with Crippen LogP contribution in [-0.4, -0.2) is 23.3 Å². The minimum atomic E-state index is 0.140. The Kier molecular flexibility index (Phi) is 4.52. The fourth-order valence-electron chi connectivity index (χ4n) is 1.44. The van der Waals surface area contributed by atoms with Gasteiger partial charge in [0.15, 0.2) is 0 Å². The molecule has 1 aromatic heterocycles. The van der Waals surface area contributed by atoms with Crippen molar-refractivity contribution in [2.24, 2.45) is 5.73 Å². The number of hydrogen-bond acceptors (Lipinski definition) is 4. The number of ether oxygens (including phenoxy) is 1. The summed E-state index contributed by atoms with van der Waals surface area (Å²) in [5, 5.41) is 8.66. The molecular weight excluding hydrogens is 192 g/mol. The van der Waals surface area contributed by atoms with Gasteiger partial charge in [-0.05, 0) is 13.8 Å². The van der Waals surface area contributed by atoms with Crippen molar-refractivity contribution in [1.82, 2.24) is 4.98 Å². The lowest BCUT2D eigenvalue weighted by Gasteiger charge is -2.12. The van der Waals surface area contributed by atoms with E-state index in [0.29, 0.717) is 19.6 Å². The van der Waals surface area contributed by atoms with Crippen LogP contribution in [0.25, 0.3) is 0 Å². The van der Waals surface area contributed by atoms with Crippen LogP contribution in [0.15, 0.2) is 6.07 Å². The van der Waals surface area contributed by atoms with Crippen molar-refractivity contribution in [3.05, 3.63) is 23.0 Å². The van der Waals surface area contributed by atoms with Gasteiger partial charge in [0, 0.05) is 42.6 Å². The SMILES string of the molecule is Cc1cc(OCCCO)c(CN)c(C)n1. The summed E-state index contributed by atoms with van der Waals surface area (Å²) in [6.07, 6.45) is 0.629. The molecular formula is C11H18N2O2. The minimum Gasteiger partial charge on any atom is -0.493 e. The Bertz CT molecular complexity index is 327. The topological polar surface area (TPSA) is 68.4 Å². The van der Waals surface area contributed by atoms with E-state index in [1.807, 2.05) is 19.9 Å². The smallest absolute Gasteiger partial charge is 0.127 e. The highest BCUT2D eigenvalue weighted by Crippen LogP contribution is 2.21. The van der Waals surface area contributed by atoms with Gasteiger partial charge < -0.3 is 15.6 Å². The largest absolute Gasteiger partial charge is 0.493 e. The Morgan fingerprint density at radius 3 is 2.80 bits per heavy atom. The number of aliphatic hydroxyl groups excluding tert-OH is 1. The van der Waals surface area contributed by atoms with E-state index in [9.17, 15) is 0 Å². The average molecular weight is 210 g/mol. The highest BCUT2D eigenvalue weighted by molar-refractivity contribution is 5.37. The first kappa shape index (κ1) is 11.9. The Morgan fingerprint density at radius 1 is 1.47 bits per heavy atom. The Labute approximate surface area is 90.1 Å². The van der Waals surface area contributed by atoms with E-state index in [-0.39, 0.29) is 6.61 Å². The molecule has 84 valence electrons. The zero-order valence-electron chi connectivity index (χ0n) is 9.29. The van der Waals surface area contributed by atoms with Crippen LogP contribution in [0, 0.1) is 13.8 Å². The highest BCUT2D eigenvalue weighted by Gasteiger charge is 2.07. The molecule has 15 heavy (non-hydrogen) atoms. The summed E-state index contributed by atoms with van der Waals surface area (Å²) in [4.78, 5) is 4.32. The molecule has 4 heteroatoms. The summed E-state index contributed by atoms with van der Waals surface area (Å²) in [6, 6.07) is 1.88. The molecule has 0 spiro atoms. The Morgan fingerprint density at radius 2 is 2.20 bits per heavy atom. The van der Waals surface area contributed by atoms with E-state index in [4.69, 9.17) is 15.6 Å². The van der Waals surface area contributed by atoms with Crippen LogP contribution >= 0.6 is 0 Å². The van der Waals surface area contributed by atoms with Gasteiger partial charge in [-0.2, -0.15) is 0 Å². The van der Waals surface area contributed by atoms with Gasteiger partial charge >= 0.3 is 0 Å². The van der Waals surface area contributed by atoms with Crippen molar-refractivity contribution in [3.63, 3.8) is 0 Å². The van der Waals surface area contributed by atoms with Gasteiger partial charge in [-0.1, -0.05) is 0 Å². The standard InChI is InChI=1S/C11H18N2O2/c1-8-6-11(15-5-3-4-14)10(7-12)9(2)13-8/h6,14H,3-5,7,12H2,1-2H3. The van der Waals surface area contributed by atoms with Gasteiger partial charge in [-0.25, -0.2) is 0 Å². The second-order valence-electron chi connectivity index (χ2n) is 3.46. The van der Waals surface area contributed by atoms with Gasteiger partial charge in [-0.15, -0.1) is 0 Å². The second kappa shape index (κ2) is 5.68. The van der Waals surface area contributed by atoms with Crippen molar-refractivity contribution >= 4 is 0 Å². The lowest BCUT2D eigenvalue weighted by Crippen LogP contribution is -2.08. The lowest BCUT2D eigenvalue weighted by molar-refractivity contribution is 0.232. The maximum absolute atomic E-state index is 8.66. The van der Waals surface area contributed by atoms with E-state index in [1.54, 1.807) is 0 Å². The third kappa shape index (κ3) is 3.18. The molecule has 0 saturated heterocycles. The maximum atomic E-state index is 8.66. The predicted molar refractivity (Wildman–Crippen MR) is 58.8 cm³/mol. The highest BCUT2D eigenvalue weighted by atomic mass is 16.5. The monoisotopic (exact) mass is 210 g/mol. The zero-order valence-corrected chi connectivity index (χ0v) is 9.29. The molecule has 0 bridgehead atoms. The third-order valence-corrected chi connectivity index (χ3v) is 2.18. The van der Waals surface area contributed by atoms with Gasteiger partial charge in [0.2, 0.25) is 0 Å². The molecule has 0 aliphatic carbocycles. The molecule has 1 aromatic rings. The molecule has 0 aliphatic rings. The number of pyridine rings is 1. The quantitative estimate of drug-likeness (QED) is 0.709. The molecule has 1 heterocycles. The number of aliphatic hydroxyl groups is 1. The molecule has 0 fully saturated rings. The Hall–Kier alpha value is -1.13. The van der Waals surface area contributed by atoms with E-state index in [2.05, 4.69) is 4.98 Å². The zero-order chi connectivity index (χ0) is 11.3. The summed E-state index contributed by atoms with van der Waals surface area (Å²) < 4.78 is 5.55. The molecule has 0 amide bonds. The first-order valence-corrected chi connectivity index (χ1v) is 5.10. The molecule has 0 radical (unpaired) electrons. The lowest BCUT2D eigenvalue weighted by atomic mass is 10.1. The predicted octanol–water partition coefficient (Wildman–Crippen LogP) is 0.918. The first-order valence-electron chi connectivity index (χ1n) is 5.10. The van der Waals surface area contributed by atoms with Crippen molar-refractivity contribution in [2.75, 3.05) is 13.2 Å². The number of nitrogens with two attached hydrogens (primary N) is 1. The van der Waals surface area contributed by atoms with E-state index in [0.717, 1.165) is 22.7 Å². The molecule has 1 rings (SSSR count). The summed E-state index contributed by atoms with van der Waals surface area (Å²) in [5.74, 6) is 0.788. The van der Waals surface area contributed by atoms with Gasteiger partial charge in [0.1, 0.15) is 5.75 Å². The summed E-state index contributed by atoms with van der Waals surface area (Å²) >= 11 is 0. The molecule has 0 atom stereocenters. The van der Waals surface area contributed by atoms with Crippen LogP contribution in [0.4, 0.5) is 0 Å². The number of hydrogen-bond donors (Lipinski definition) is 2. The summed E-state index contributed by atoms with van der Waals surface area (Å²) in [6.45, 7) is 4.92.